The quantitative estimate of drug-likeness (QED) is 0.828. The molecule has 1 saturated heterocycles. The van der Waals surface area contributed by atoms with Crippen LogP contribution in [0.2, 0.25) is 0 Å². The van der Waals surface area contributed by atoms with Crippen LogP contribution < -0.4 is 5.32 Å². The normalized spacial score (nSPS) is 17.9. The van der Waals surface area contributed by atoms with Crippen molar-refractivity contribution in [1.29, 1.82) is 0 Å². The van der Waals surface area contributed by atoms with Gasteiger partial charge in [0.2, 0.25) is 0 Å². The lowest BCUT2D eigenvalue weighted by atomic mass is 9.74. The molecule has 19 heavy (non-hydrogen) atoms. The number of piperidine rings is 1. The van der Waals surface area contributed by atoms with Gasteiger partial charge in [-0.25, -0.2) is 0 Å². The summed E-state index contributed by atoms with van der Waals surface area (Å²) in [5.74, 6) is -0.00701. The van der Waals surface area contributed by atoms with Crippen molar-refractivity contribution in [2.75, 3.05) is 19.7 Å². The molecule has 1 fully saturated rings. The smallest absolute Gasteiger partial charge is 0.312 e. The molecule has 1 aliphatic rings. The summed E-state index contributed by atoms with van der Waals surface area (Å²) >= 11 is 0. The summed E-state index contributed by atoms with van der Waals surface area (Å²) in [6.07, 6.45) is 3.61. The predicted octanol–water partition coefficient (Wildman–Crippen LogP) is 2.55. The average Bonchev–Trinajstić information content (AvgIpc) is 2.47. The van der Waals surface area contributed by atoms with Crippen LogP contribution in [0.3, 0.4) is 0 Å². The van der Waals surface area contributed by atoms with Crippen molar-refractivity contribution in [3.8, 4) is 0 Å². The molecular formula is C16H23NO2. The summed E-state index contributed by atoms with van der Waals surface area (Å²) in [7, 11) is 0. The van der Waals surface area contributed by atoms with Crippen molar-refractivity contribution in [3.63, 3.8) is 0 Å². The molecule has 0 aromatic heterocycles. The van der Waals surface area contributed by atoms with Crippen molar-refractivity contribution in [2.45, 2.75) is 32.6 Å². The van der Waals surface area contributed by atoms with Gasteiger partial charge in [-0.15, -0.1) is 0 Å². The standard InChI is InChI=1S/C16H23NO2/c1-2-19-15(18)16(10-12-17-13-11-16)9-8-14-6-4-3-5-7-14/h3-7,17H,2,8-13H2,1H3. The lowest BCUT2D eigenvalue weighted by Gasteiger charge is -2.35. The molecule has 2 rings (SSSR count). The molecule has 0 spiro atoms. The first-order valence-electron chi connectivity index (χ1n) is 7.19. The van der Waals surface area contributed by atoms with E-state index in [-0.39, 0.29) is 11.4 Å². The second-order valence-electron chi connectivity index (χ2n) is 5.24. The number of benzene rings is 1. The summed E-state index contributed by atoms with van der Waals surface area (Å²) in [6.45, 7) is 4.17. The maximum absolute atomic E-state index is 12.3. The zero-order chi connectivity index (χ0) is 13.6. The molecule has 0 bridgehead atoms. The first-order chi connectivity index (χ1) is 9.27. The van der Waals surface area contributed by atoms with E-state index in [9.17, 15) is 4.79 Å². The minimum Gasteiger partial charge on any atom is -0.466 e. The molecule has 104 valence electrons. The number of nitrogens with one attached hydrogen (secondary N) is 1. The number of ether oxygens (including phenoxy) is 1. The van der Waals surface area contributed by atoms with Crippen molar-refractivity contribution < 1.29 is 9.53 Å². The molecule has 3 nitrogen and oxygen atoms in total. The zero-order valence-electron chi connectivity index (χ0n) is 11.7. The van der Waals surface area contributed by atoms with E-state index in [0.29, 0.717) is 6.61 Å². The number of carbonyl (C=O) groups is 1. The topological polar surface area (TPSA) is 38.3 Å². The van der Waals surface area contributed by atoms with Gasteiger partial charge < -0.3 is 10.1 Å². The number of rotatable bonds is 5. The molecule has 0 saturated carbocycles. The first-order valence-corrected chi connectivity index (χ1v) is 7.19. The Morgan fingerprint density at radius 2 is 1.95 bits per heavy atom. The number of hydrogen-bond donors (Lipinski definition) is 1. The summed E-state index contributed by atoms with van der Waals surface area (Å²) in [5.41, 5.74) is 1.02. The van der Waals surface area contributed by atoms with Gasteiger partial charge in [-0.2, -0.15) is 0 Å². The van der Waals surface area contributed by atoms with Crippen molar-refractivity contribution >= 4 is 5.97 Å². The Kier molecular flexibility index (Phi) is 4.97. The lowest BCUT2D eigenvalue weighted by Crippen LogP contribution is -2.43. The third-order valence-corrected chi connectivity index (χ3v) is 4.00. The summed E-state index contributed by atoms with van der Waals surface area (Å²) in [4.78, 5) is 12.3. The van der Waals surface area contributed by atoms with Crippen LogP contribution in [0.1, 0.15) is 31.7 Å². The average molecular weight is 261 g/mol. The van der Waals surface area contributed by atoms with Gasteiger partial charge in [0.1, 0.15) is 0 Å². The Balaban J connectivity index is 2.03. The van der Waals surface area contributed by atoms with Gasteiger partial charge >= 0.3 is 5.97 Å². The van der Waals surface area contributed by atoms with Gasteiger partial charge in [0.05, 0.1) is 12.0 Å². The molecule has 0 unspecified atom stereocenters. The van der Waals surface area contributed by atoms with Gasteiger partial charge in [-0.3, -0.25) is 4.79 Å². The van der Waals surface area contributed by atoms with E-state index in [4.69, 9.17) is 4.74 Å². The second-order valence-corrected chi connectivity index (χ2v) is 5.24. The second kappa shape index (κ2) is 6.71. The first kappa shape index (κ1) is 14.1. The molecule has 1 heterocycles. The highest BCUT2D eigenvalue weighted by molar-refractivity contribution is 5.77. The van der Waals surface area contributed by atoms with Crippen LogP contribution in [-0.4, -0.2) is 25.7 Å². The van der Waals surface area contributed by atoms with E-state index in [1.54, 1.807) is 0 Å². The molecule has 0 radical (unpaired) electrons. The van der Waals surface area contributed by atoms with Crippen LogP contribution in [0.25, 0.3) is 0 Å². The van der Waals surface area contributed by atoms with E-state index < -0.39 is 0 Å². The highest BCUT2D eigenvalue weighted by Gasteiger charge is 2.40. The molecule has 1 aliphatic heterocycles. The SMILES string of the molecule is CCOC(=O)C1(CCc2ccccc2)CCNCC1. The van der Waals surface area contributed by atoms with Gasteiger partial charge in [-0.1, -0.05) is 30.3 Å². The Labute approximate surface area is 115 Å². The number of hydrogen-bond acceptors (Lipinski definition) is 3. The van der Waals surface area contributed by atoms with E-state index in [1.807, 2.05) is 13.0 Å². The highest BCUT2D eigenvalue weighted by atomic mass is 16.5. The molecule has 0 atom stereocenters. The van der Waals surface area contributed by atoms with Crippen molar-refractivity contribution in [1.82, 2.24) is 5.32 Å². The van der Waals surface area contributed by atoms with Crippen LogP contribution >= 0.6 is 0 Å². The van der Waals surface area contributed by atoms with Crippen LogP contribution in [0, 0.1) is 5.41 Å². The summed E-state index contributed by atoms with van der Waals surface area (Å²) in [5, 5.41) is 3.33. The lowest BCUT2D eigenvalue weighted by molar-refractivity contribution is -0.157. The van der Waals surface area contributed by atoms with Gasteiger partial charge in [0, 0.05) is 0 Å². The monoisotopic (exact) mass is 261 g/mol. The largest absolute Gasteiger partial charge is 0.466 e. The molecule has 3 heteroatoms. The van der Waals surface area contributed by atoms with Crippen molar-refractivity contribution in [3.05, 3.63) is 35.9 Å². The maximum atomic E-state index is 12.3. The third-order valence-electron chi connectivity index (χ3n) is 4.00. The van der Waals surface area contributed by atoms with Crippen LogP contribution in [0.4, 0.5) is 0 Å². The maximum Gasteiger partial charge on any atom is 0.312 e. The minimum atomic E-state index is -0.281. The predicted molar refractivity (Wildman–Crippen MR) is 75.9 cm³/mol. The number of carbonyl (C=O) groups excluding carboxylic acids is 1. The highest BCUT2D eigenvalue weighted by Crippen LogP contribution is 2.35. The number of esters is 1. The van der Waals surface area contributed by atoms with E-state index in [0.717, 1.165) is 38.8 Å². The Bertz CT molecular complexity index is 396. The summed E-state index contributed by atoms with van der Waals surface area (Å²) in [6, 6.07) is 10.4. The summed E-state index contributed by atoms with van der Waals surface area (Å²) < 4.78 is 5.31. The number of aryl methyl sites for hydroxylation is 1. The fraction of sp³-hybridized carbons (Fsp3) is 0.562. The van der Waals surface area contributed by atoms with Crippen LogP contribution in [-0.2, 0) is 16.0 Å². The zero-order valence-corrected chi connectivity index (χ0v) is 11.7. The Morgan fingerprint density at radius 3 is 2.58 bits per heavy atom. The minimum absolute atomic E-state index is 0.00701. The van der Waals surface area contributed by atoms with Gasteiger partial charge in [-0.05, 0) is 51.3 Å². The van der Waals surface area contributed by atoms with Gasteiger partial charge in [0.15, 0.2) is 0 Å². The van der Waals surface area contributed by atoms with Gasteiger partial charge in [0.25, 0.3) is 0 Å². The molecule has 0 aliphatic carbocycles. The van der Waals surface area contributed by atoms with E-state index >= 15 is 0 Å². The van der Waals surface area contributed by atoms with Crippen molar-refractivity contribution in [2.24, 2.45) is 5.41 Å². The van der Waals surface area contributed by atoms with Crippen LogP contribution in [0.15, 0.2) is 30.3 Å². The van der Waals surface area contributed by atoms with E-state index in [2.05, 4.69) is 29.6 Å². The molecule has 0 amide bonds. The van der Waals surface area contributed by atoms with E-state index in [1.165, 1.54) is 5.56 Å². The molecule has 1 N–H and O–H groups in total. The van der Waals surface area contributed by atoms with Crippen LogP contribution in [0.5, 0.6) is 0 Å². The Morgan fingerprint density at radius 1 is 1.26 bits per heavy atom. The molecule has 1 aromatic rings. The fourth-order valence-electron chi connectivity index (χ4n) is 2.77. The fourth-order valence-corrected chi connectivity index (χ4v) is 2.77. The molecule has 1 aromatic carbocycles. The molecular weight excluding hydrogens is 238 g/mol. The Hall–Kier alpha value is -1.35. The third kappa shape index (κ3) is 3.57.